The number of Topliss-reactive ketones (excluding diaryl/α,β-unsaturated/α-hetero) is 1. The number of aliphatic hydroxyl groups is 2. The molecule has 2 N–H and O–H groups in total. The van der Waals surface area contributed by atoms with Crippen molar-refractivity contribution in [3.8, 4) is 0 Å². The molecule has 0 aromatic carbocycles. The molecule has 1 aliphatic rings. The molecule has 1 aromatic rings. The predicted molar refractivity (Wildman–Crippen MR) is 122 cm³/mol. The molecular weight excluding hydrogens is 414 g/mol. The normalized spacial score (nSPS) is 33.9. The molecule has 0 aliphatic carbocycles. The highest BCUT2D eigenvalue weighted by Crippen LogP contribution is 2.32. The van der Waals surface area contributed by atoms with Crippen molar-refractivity contribution in [2.75, 3.05) is 0 Å². The number of carbonyl (C=O) groups excluding carboxylic acids is 2. The highest BCUT2D eigenvalue weighted by molar-refractivity contribution is 7.09. The second-order valence-corrected chi connectivity index (χ2v) is 10.2. The number of allylic oxidation sites excluding steroid dienone is 2. The van der Waals surface area contributed by atoms with E-state index in [1.807, 2.05) is 44.4 Å². The van der Waals surface area contributed by atoms with Gasteiger partial charge >= 0.3 is 5.97 Å². The van der Waals surface area contributed by atoms with Gasteiger partial charge in [-0.2, -0.15) is 0 Å². The van der Waals surface area contributed by atoms with Crippen molar-refractivity contribution in [3.63, 3.8) is 0 Å². The first kappa shape index (κ1) is 25.4. The van der Waals surface area contributed by atoms with Gasteiger partial charge in [-0.25, -0.2) is 4.98 Å². The Labute approximate surface area is 189 Å². The minimum atomic E-state index is -1.23. The molecule has 2 rings (SSSR count). The Morgan fingerprint density at radius 3 is 2.48 bits per heavy atom. The van der Waals surface area contributed by atoms with Crippen LogP contribution in [0.25, 0.3) is 0 Å². The van der Waals surface area contributed by atoms with Crippen molar-refractivity contribution in [2.45, 2.75) is 79.1 Å². The maximum Gasteiger partial charge on any atom is 0.309 e. The van der Waals surface area contributed by atoms with Crippen LogP contribution in [0, 0.1) is 24.2 Å². The molecule has 0 fully saturated rings. The van der Waals surface area contributed by atoms with Crippen LogP contribution in [0.1, 0.15) is 70.7 Å². The van der Waals surface area contributed by atoms with E-state index < -0.39 is 35.6 Å². The summed E-state index contributed by atoms with van der Waals surface area (Å²) < 4.78 is 5.68. The zero-order valence-electron chi connectivity index (χ0n) is 19.3. The average Bonchev–Trinajstić information content (AvgIpc) is 3.14. The van der Waals surface area contributed by atoms with E-state index in [9.17, 15) is 19.8 Å². The van der Waals surface area contributed by atoms with Crippen LogP contribution in [-0.4, -0.2) is 39.2 Å². The third kappa shape index (κ3) is 6.57. The van der Waals surface area contributed by atoms with Crippen LogP contribution >= 0.6 is 11.3 Å². The zero-order valence-corrected chi connectivity index (χ0v) is 20.1. The molecule has 7 heteroatoms. The van der Waals surface area contributed by atoms with E-state index in [1.54, 1.807) is 20.8 Å². The number of ether oxygens (including phenoxy) is 1. The number of hydrogen-bond acceptors (Lipinski definition) is 7. The first-order valence-corrected chi connectivity index (χ1v) is 11.7. The van der Waals surface area contributed by atoms with Crippen molar-refractivity contribution < 1.29 is 24.5 Å². The average molecular weight is 450 g/mol. The molecule has 172 valence electrons. The Bertz CT molecular complexity index is 841. The first-order chi connectivity index (χ1) is 14.4. The van der Waals surface area contributed by atoms with Crippen LogP contribution in [0.2, 0.25) is 0 Å². The monoisotopic (exact) mass is 449 g/mol. The molecule has 0 bridgehead atoms. The molecule has 1 aliphatic heterocycles. The maximum absolute atomic E-state index is 13.1. The van der Waals surface area contributed by atoms with Gasteiger partial charge in [0.1, 0.15) is 11.9 Å². The number of aromatic nitrogens is 1. The van der Waals surface area contributed by atoms with Gasteiger partial charge in [0.05, 0.1) is 34.7 Å². The topological polar surface area (TPSA) is 96.7 Å². The third-order valence-electron chi connectivity index (χ3n) is 6.09. The van der Waals surface area contributed by atoms with Gasteiger partial charge in [0, 0.05) is 23.6 Å². The number of aliphatic hydroxyl groups excluding tert-OH is 2. The molecule has 6 nitrogen and oxygen atoms in total. The summed E-state index contributed by atoms with van der Waals surface area (Å²) in [6.07, 6.45) is 4.14. The Morgan fingerprint density at radius 2 is 1.87 bits per heavy atom. The fourth-order valence-corrected chi connectivity index (χ4v) is 4.37. The number of carbonyl (C=O) groups is 2. The maximum atomic E-state index is 13.1. The van der Waals surface area contributed by atoms with Crippen LogP contribution in [-0.2, 0) is 14.3 Å². The lowest BCUT2D eigenvalue weighted by Gasteiger charge is -2.34. The van der Waals surface area contributed by atoms with Gasteiger partial charge in [-0.1, -0.05) is 51.5 Å². The number of rotatable bonds is 1. The number of hydrogen-bond donors (Lipinski definition) is 2. The van der Waals surface area contributed by atoms with E-state index in [-0.39, 0.29) is 18.1 Å². The number of esters is 1. The third-order valence-corrected chi connectivity index (χ3v) is 6.88. The van der Waals surface area contributed by atoms with Crippen molar-refractivity contribution in [1.29, 1.82) is 0 Å². The van der Waals surface area contributed by atoms with E-state index in [0.29, 0.717) is 18.5 Å². The van der Waals surface area contributed by atoms with Gasteiger partial charge in [0.15, 0.2) is 0 Å². The summed E-state index contributed by atoms with van der Waals surface area (Å²) in [6, 6.07) is 0. The number of aryl methyl sites for hydroxylation is 1. The molecule has 0 saturated carbocycles. The van der Waals surface area contributed by atoms with E-state index in [2.05, 4.69) is 4.98 Å². The van der Waals surface area contributed by atoms with Crippen LogP contribution in [0.15, 0.2) is 29.2 Å². The molecule has 2 heterocycles. The standard InChI is InChI=1S/C24H35NO5S/c1-14-8-7-9-15(2)22(28)16(3)23(29)24(5,6)20(26)12-21(27)30-19(11-10-14)18-13-31-17(4)25-18/h7,9-10,13,15-16,19-20,22,26,28H,8,11-12H2,1-6H3/b9-7-,14-10-/t15-,16+,19-,20-,22-/m0/s1. The smallest absolute Gasteiger partial charge is 0.309 e. The van der Waals surface area contributed by atoms with Gasteiger partial charge in [-0.15, -0.1) is 11.3 Å². The number of cyclic esters (lactones) is 1. The lowest BCUT2D eigenvalue weighted by Crippen LogP contribution is -2.45. The Kier molecular flexibility index (Phi) is 8.74. The first-order valence-electron chi connectivity index (χ1n) is 10.8. The summed E-state index contributed by atoms with van der Waals surface area (Å²) >= 11 is 1.49. The number of nitrogens with zero attached hydrogens (tertiary/aromatic N) is 1. The summed E-state index contributed by atoms with van der Waals surface area (Å²) in [5.74, 6) is -1.77. The predicted octanol–water partition coefficient (Wildman–Crippen LogP) is 4.31. The molecule has 5 atom stereocenters. The Morgan fingerprint density at radius 1 is 1.19 bits per heavy atom. The minimum Gasteiger partial charge on any atom is -0.455 e. The second-order valence-electron chi connectivity index (χ2n) is 9.13. The number of ketones is 1. The highest BCUT2D eigenvalue weighted by Gasteiger charge is 2.42. The fourth-order valence-electron chi connectivity index (χ4n) is 3.71. The molecule has 0 spiro atoms. The zero-order chi connectivity index (χ0) is 23.3. The lowest BCUT2D eigenvalue weighted by molar-refractivity contribution is -0.156. The second kappa shape index (κ2) is 10.7. The largest absolute Gasteiger partial charge is 0.455 e. The summed E-state index contributed by atoms with van der Waals surface area (Å²) in [4.78, 5) is 30.2. The van der Waals surface area contributed by atoms with E-state index in [0.717, 1.165) is 10.6 Å². The summed E-state index contributed by atoms with van der Waals surface area (Å²) in [5, 5.41) is 24.1. The van der Waals surface area contributed by atoms with Crippen LogP contribution in [0.4, 0.5) is 0 Å². The van der Waals surface area contributed by atoms with Crippen LogP contribution < -0.4 is 0 Å². The van der Waals surface area contributed by atoms with Gasteiger partial charge in [0.2, 0.25) is 0 Å². The quantitative estimate of drug-likeness (QED) is 0.490. The van der Waals surface area contributed by atoms with E-state index in [1.165, 1.54) is 11.3 Å². The van der Waals surface area contributed by atoms with Crippen molar-refractivity contribution in [3.05, 3.63) is 39.9 Å². The molecule has 1 aromatic heterocycles. The van der Waals surface area contributed by atoms with Gasteiger partial charge in [-0.3, -0.25) is 9.59 Å². The minimum absolute atomic E-state index is 0.219. The van der Waals surface area contributed by atoms with Gasteiger partial charge in [0.25, 0.3) is 0 Å². The van der Waals surface area contributed by atoms with Crippen molar-refractivity contribution in [1.82, 2.24) is 4.98 Å². The molecule has 31 heavy (non-hydrogen) atoms. The number of thiazole rings is 1. The van der Waals surface area contributed by atoms with Gasteiger partial charge in [-0.05, 0) is 20.3 Å². The summed E-state index contributed by atoms with van der Waals surface area (Å²) in [6.45, 7) is 10.6. The molecule has 0 radical (unpaired) electrons. The lowest BCUT2D eigenvalue weighted by atomic mass is 9.73. The van der Waals surface area contributed by atoms with Crippen LogP contribution in [0.5, 0.6) is 0 Å². The molecular formula is C24H35NO5S. The van der Waals surface area contributed by atoms with E-state index in [4.69, 9.17) is 4.74 Å². The Balaban J connectivity index is 2.36. The summed E-state index contributed by atoms with van der Waals surface area (Å²) in [5.41, 5.74) is 0.582. The van der Waals surface area contributed by atoms with Crippen molar-refractivity contribution in [2.24, 2.45) is 17.3 Å². The summed E-state index contributed by atoms with van der Waals surface area (Å²) in [7, 11) is 0. The SMILES string of the molecule is C/C1=C/C[C@@H](c2csc(C)n2)OC(=O)C[C@H](O)C(C)(C)C(=O)[C@H](C)[C@@H](O)[C@@H](C)/C=C\C1. The molecule has 0 amide bonds. The Hall–Kier alpha value is -1.83. The van der Waals surface area contributed by atoms with Crippen LogP contribution in [0.3, 0.4) is 0 Å². The molecule has 0 unspecified atom stereocenters. The highest BCUT2D eigenvalue weighted by atomic mass is 32.1. The fraction of sp³-hybridized carbons (Fsp3) is 0.625. The van der Waals surface area contributed by atoms with Gasteiger partial charge < -0.3 is 14.9 Å². The molecule has 0 saturated heterocycles. The van der Waals surface area contributed by atoms with E-state index >= 15 is 0 Å². The van der Waals surface area contributed by atoms with Crippen molar-refractivity contribution >= 4 is 23.1 Å².